The van der Waals surface area contributed by atoms with Crippen LogP contribution in [-0.2, 0) is 4.74 Å². The molecule has 0 radical (unpaired) electrons. The Morgan fingerprint density at radius 2 is 1.33 bits per heavy atom. The van der Waals surface area contributed by atoms with E-state index < -0.39 is 0 Å². The summed E-state index contributed by atoms with van der Waals surface area (Å²) >= 11 is 0. The van der Waals surface area contributed by atoms with Crippen LogP contribution < -0.4 is 5.73 Å². The molecule has 1 aliphatic heterocycles. The second-order valence-corrected chi connectivity index (χ2v) is 4.70. The first-order chi connectivity index (χ1) is 5.29. The van der Waals surface area contributed by atoms with Gasteiger partial charge >= 0.3 is 0 Å². The summed E-state index contributed by atoms with van der Waals surface area (Å²) in [5.74, 6) is 0. The van der Waals surface area contributed by atoms with Crippen LogP contribution in [0.25, 0.3) is 0 Å². The van der Waals surface area contributed by atoms with Crippen molar-refractivity contribution in [3.05, 3.63) is 0 Å². The highest BCUT2D eigenvalue weighted by Gasteiger charge is 2.16. The number of hydrogen-bond donors (Lipinski definition) is 1. The highest BCUT2D eigenvalue weighted by Crippen LogP contribution is 2.17. The summed E-state index contributed by atoms with van der Waals surface area (Å²) in [6.07, 6.45) is 3.55. The lowest BCUT2D eigenvalue weighted by atomic mass is 10.1. The third kappa shape index (κ3) is 9.92. The zero-order valence-corrected chi connectivity index (χ0v) is 9.05. The molecule has 0 spiro atoms. The van der Waals surface area contributed by atoms with Crippen LogP contribution in [-0.4, -0.2) is 17.7 Å². The van der Waals surface area contributed by atoms with E-state index in [1.165, 1.54) is 12.8 Å². The summed E-state index contributed by atoms with van der Waals surface area (Å²) < 4.78 is 5.36. The molecule has 2 nitrogen and oxygen atoms in total. The highest BCUT2D eigenvalue weighted by atomic mass is 16.5. The minimum atomic E-state index is 0. The molecule has 2 unspecified atom stereocenters. The van der Waals surface area contributed by atoms with Gasteiger partial charge in [0.25, 0.3) is 0 Å². The van der Waals surface area contributed by atoms with Crippen molar-refractivity contribution in [2.24, 2.45) is 5.73 Å². The summed E-state index contributed by atoms with van der Waals surface area (Å²) in [6, 6.07) is 0. The van der Waals surface area contributed by atoms with Gasteiger partial charge in [0.2, 0.25) is 0 Å². The van der Waals surface area contributed by atoms with Crippen molar-refractivity contribution in [2.45, 2.75) is 65.2 Å². The van der Waals surface area contributed by atoms with E-state index in [9.17, 15) is 0 Å². The Morgan fingerprint density at radius 1 is 1.08 bits per heavy atom. The topological polar surface area (TPSA) is 35.2 Å². The smallest absolute Gasteiger partial charge is 0.0551 e. The second kappa shape index (κ2) is 4.83. The van der Waals surface area contributed by atoms with E-state index in [2.05, 4.69) is 13.8 Å². The van der Waals surface area contributed by atoms with Crippen LogP contribution >= 0.6 is 0 Å². The first kappa shape index (κ1) is 11.9. The van der Waals surface area contributed by atoms with Gasteiger partial charge in [0.05, 0.1) is 12.2 Å². The Kier molecular flexibility index (Phi) is 4.80. The molecule has 0 aromatic carbocycles. The first-order valence-electron chi connectivity index (χ1n) is 4.73. The van der Waals surface area contributed by atoms with Gasteiger partial charge in [-0.15, -0.1) is 0 Å². The van der Waals surface area contributed by atoms with Crippen LogP contribution in [0.3, 0.4) is 0 Å². The molecule has 1 heterocycles. The van der Waals surface area contributed by atoms with Crippen molar-refractivity contribution >= 4 is 0 Å². The summed E-state index contributed by atoms with van der Waals surface area (Å²) in [7, 11) is 0. The highest BCUT2D eigenvalue weighted by molar-refractivity contribution is 4.64. The maximum Gasteiger partial charge on any atom is 0.0551 e. The fourth-order valence-corrected chi connectivity index (χ4v) is 1.00. The number of hydrogen-bond acceptors (Lipinski definition) is 2. The van der Waals surface area contributed by atoms with Gasteiger partial charge in [0, 0.05) is 5.54 Å². The maximum atomic E-state index is 5.36. The quantitative estimate of drug-likeness (QED) is 0.610. The van der Waals surface area contributed by atoms with Crippen LogP contribution in [0.1, 0.15) is 47.5 Å². The van der Waals surface area contributed by atoms with E-state index in [0.717, 1.165) is 0 Å². The van der Waals surface area contributed by atoms with Crippen LogP contribution in [0, 0.1) is 0 Å². The molecule has 2 atom stereocenters. The van der Waals surface area contributed by atoms with Crippen molar-refractivity contribution < 1.29 is 4.74 Å². The molecule has 1 fully saturated rings. The van der Waals surface area contributed by atoms with E-state index in [0.29, 0.717) is 12.2 Å². The van der Waals surface area contributed by atoms with E-state index in [1.807, 2.05) is 20.8 Å². The normalized spacial score (nSPS) is 29.5. The Hall–Kier alpha value is -0.0800. The van der Waals surface area contributed by atoms with Crippen molar-refractivity contribution in [3.8, 4) is 0 Å². The lowest BCUT2D eigenvalue weighted by Crippen LogP contribution is -2.26. The summed E-state index contributed by atoms with van der Waals surface area (Å²) in [6.45, 7) is 10.2. The molecular formula is C10H23NO. The fourth-order valence-electron chi connectivity index (χ4n) is 1.00. The number of rotatable bonds is 0. The standard InChI is InChI=1S/C6H12O.C4H11N/c1-5-3-4-6(2)7-5;1-4(2,3)5/h5-6H,3-4H2,1-2H3;5H2,1-3H3. The van der Waals surface area contributed by atoms with Gasteiger partial charge in [0.15, 0.2) is 0 Å². The van der Waals surface area contributed by atoms with Crippen molar-refractivity contribution in [3.63, 3.8) is 0 Å². The number of nitrogens with two attached hydrogens (primary N) is 1. The molecule has 1 saturated heterocycles. The maximum absolute atomic E-state index is 5.36. The second-order valence-electron chi connectivity index (χ2n) is 4.70. The molecule has 1 aliphatic rings. The van der Waals surface area contributed by atoms with Crippen molar-refractivity contribution in [2.75, 3.05) is 0 Å². The summed E-state index contributed by atoms with van der Waals surface area (Å²) in [5.41, 5.74) is 5.35. The van der Waals surface area contributed by atoms with Crippen LogP contribution in [0.5, 0.6) is 0 Å². The first-order valence-corrected chi connectivity index (χ1v) is 4.73. The largest absolute Gasteiger partial charge is 0.376 e. The summed E-state index contributed by atoms with van der Waals surface area (Å²) in [4.78, 5) is 0. The van der Waals surface area contributed by atoms with Crippen LogP contribution in [0.15, 0.2) is 0 Å². The van der Waals surface area contributed by atoms with Crippen molar-refractivity contribution in [1.29, 1.82) is 0 Å². The monoisotopic (exact) mass is 173 g/mol. The minimum Gasteiger partial charge on any atom is -0.376 e. The molecule has 12 heavy (non-hydrogen) atoms. The molecule has 0 saturated carbocycles. The van der Waals surface area contributed by atoms with Gasteiger partial charge in [-0.1, -0.05) is 0 Å². The van der Waals surface area contributed by atoms with Gasteiger partial charge in [-0.3, -0.25) is 0 Å². The summed E-state index contributed by atoms with van der Waals surface area (Å²) in [5, 5.41) is 0. The van der Waals surface area contributed by atoms with E-state index in [1.54, 1.807) is 0 Å². The fraction of sp³-hybridized carbons (Fsp3) is 1.00. The molecule has 2 heteroatoms. The molecule has 0 amide bonds. The van der Waals surface area contributed by atoms with Gasteiger partial charge in [-0.05, 0) is 47.5 Å². The third-order valence-electron chi connectivity index (χ3n) is 1.44. The van der Waals surface area contributed by atoms with Crippen LogP contribution in [0.2, 0.25) is 0 Å². The van der Waals surface area contributed by atoms with E-state index in [-0.39, 0.29) is 5.54 Å². The van der Waals surface area contributed by atoms with Crippen molar-refractivity contribution in [1.82, 2.24) is 0 Å². The molecule has 0 aliphatic carbocycles. The van der Waals surface area contributed by atoms with Crippen LogP contribution in [0.4, 0.5) is 0 Å². The van der Waals surface area contributed by atoms with E-state index in [4.69, 9.17) is 10.5 Å². The Labute approximate surface area is 76.5 Å². The zero-order chi connectivity index (χ0) is 9.78. The molecule has 1 rings (SSSR count). The molecule has 0 bridgehead atoms. The Morgan fingerprint density at radius 3 is 1.42 bits per heavy atom. The lowest BCUT2D eigenvalue weighted by Gasteiger charge is -2.06. The minimum absolute atomic E-state index is 0. The zero-order valence-electron chi connectivity index (χ0n) is 9.05. The lowest BCUT2D eigenvalue weighted by molar-refractivity contribution is 0.0673. The average molecular weight is 173 g/mol. The molecule has 0 aromatic rings. The van der Waals surface area contributed by atoms with E-state index >= 15 is 0 Å². The number of ether oxygens (including phenoxy) is 1. The van der Waals surface area contributed by atoms with Gasteiger partial charge in [0.1, 0.15) is 0 Å². The third-order valence-corrected chi connectivity index (χ3v) is 1.44. The molecule has 2 N–H and O–H groups in total. The SMILES string of the molecule is CC(C)(C)N.CC1CCC(C)O1. The Balaban J connectivity index is 0.000000217. The average Bonchev–Trinajstić information content (AvgIpc) is 2.09. The molecule has 0 aromatic heterocycles. The molecule has 74 valence electrons. The van der Waals surface area contributed by atoms with Gasteiger partial charge in [-0.25, -0.2) is 0 Å². The van der Waals surface area contributed by atoms with Gasteiger partial charge in [-0.2, -0.15) is 0 Å². The predicted octanol–water partition coefficient (Wildman–Crippen LogP) is 2.32. The molecular weight excluding hydrogens is 150 g/mol. The predicted molar refractivity (Wildman–Crippen MR) is 53.2 cm³/mol. The Bertz CT molecular complexity index is 103. The van der Waals surface area contributed by atoms with Gasteiger partial charge < -0.3 is 10.5 Å².